The molecule has 20 heavy (non-hydrogen) atoms. The molecule has 104 valence electrons. The summed E-state index contributed by atoms with van der Waals surface area (Å²) in [6, 6.07) is 10.2. The van der Waals surface area contributed by atoms with Crippen LogP contribution in [0.3, 0.4) is 0 Å². The monoisotopic (exact) mass is 294 g/mol. The third-order valence-corrected chi connectivity index (χ3v) is 2.80. The van der Waals surface area contributed by atoms with Gasteiger partial charge in [0.05, 0.1) is 10.7 Å². The molecule has 0 radical (unpaired) electrons. The Kier molecular flexibility index (Phi) is 4.42. The van der Waals surface area contributed by atoms with E-state index < -0.39 is 0 Å². The molecular formula is C14H12ClFN2O2. The van der Waals surface area contributed by atoms with Crippen LogP contribution >= 0.6 is 11.6 Å². The van der Waals surface area contributed by atoms with Gasteiger partial charge in [0.25, 0.3) is 5.91 Å². The van der Waals surface area contributed by atoms with Crippen LogP contribution in [0.25, 0.3) is 0 Å². The number of rotatable bonds is 4. The van der Waals surface area contributed by atoms with Crippen LogP contribution in [0.4, 0.5) is 15.8 Å². The molecule has 3 N–H and O–H groups in total. The molecule has 4 nitrogen and oxygen atoms in total. The van der Waals surface area contributed by atoms with E-state index in [0.717, 1.165) is 0 Å². The molecule has 2 aromatic rings. The van der Waals surface area contributed by atoms with Crippen molar-refractivity contribution in [2.45, 2.75) is 0 Å². The van der Waals surface area contributed by atoms with Gasteiger partial charge in [-0.3, -0.25) is 4.79 Å². The molecule has 0 aliphatic carbocycles. The molecular weight excluding hydrogens is 283 g/mol. The van der Waals surface area contributed by atoms with E-state index >= 15 is 0 Å². The first-order valence-electron chi connectivity index (χ1n) is 5.78. The first kappa shape index (κ1) is 14.1. The molecule has 0 heterocycles. The zero-order valence-electron chi connectivity index (χ0n) is 10.4. The SMILES string of the molecule is Nc1ccc(OCC(=O)Nc2ccc(F)cc2)cc1Cl. The molecule has 2 aromatic carbocycles. The second-order valence-corrected chi connectivity index (χ2v) is 4.43. The van der Waals surface area contributed by atoms with Gasteiger partial charge in [0.2, 0.25) is 0 Å². The van der Waals surface area contributed by atoms with Gasteiger partial charge in [-0.2, -0.15) is 0 Å². The Morgan fingerprint density at radius 3 is 2.60 bits per heavy atom. The van der Waals surface area contributed by atoms with Crippen molar-refractivity contribution < 1.29 is 13.9 Å². The average Bonchev–Trinajstić information content (AvgIpc) is 2.43. The number of nitrogens with two attached hydrogens (primary N) is 1. The molecule has 6 heteroatoms. The van der Waals surface area contributed by atoms with Crippen molar-refractivity contribution in [3.05, 3.63) is 53.3 Å². The fourth-order valence-electron chi connectivity index (χ4n) is 1.48. The first-order chi connectivity index (χ1) is 9.54. The minimum atomic E-state index is -0.365. The number of nitrogens with one attached hydrogen (secondary N) is 1. The fraction of sp³-hybridized carbons (Fsp3) is 0.0714. The topological polar surface area (TPSA) is 64.3 Å². The Hall–Kier alpha value is -2.27. The third-order valence-electron chi connectivity index (χ3n) is 2.47. The Balaban J connectivity index is 1.88. The van der Waals surface area contributed by atoms with Gasteiger partial charge in [-0.1, -0.05) is 11.6 Å². The van der Waals surface area contributed by atoms with Crippen LogP contribution in [-0.2, 0) is 4.79 Å². The minimum absolute atomic E-state index is 0.183. The molecule has 0 atom stereocenters. The van der Waals surface area contributed by atoms with Crippen molar-refractivity contribution in [1.82, 2.24) is 0 Å². The van der Waals surface area contributed by atoms with Crippen LogP contribution in [0.15, 0.2) is 42.5 Å². The minimum Gasteiger partial charge on any atom is -0.484 e. The predicted octanol–water partition coefficient (Wildman–Crippen LogP) is 3.08. The van der Waals surface area contributed by atoms with Crippen molar-refractivity contribution in [3.63, 3.8) is 0 Å². The van der Waals surface area contributed by atoms with E-state index in [-0.39, 0.29) is 18.3 Å². The number of amides is 1. The summed E-state index contributed by atoms with van der Waals surface area (Å²) < 4.78 is 18.0. The maximum absolute atomic E-state index is 12.7. The fourth-order valence-corrected chi connectivity index (χ4v) is 1.65. The van der Waals surface area contributed by atoms with Crippen molar-refractivity contribution in [3.8, 4) is 5.75 Å². The summed E-state index contributed by atoms with van der Waals surface area (Å²) in [5.74, 6) is -0.279. The van der Waals surface area contributed by atoms with Gasteiger partial charge in [-0.25, -0.2) is 4.39 Å². The summed E-state index contributed by atoms with van der Waals surface area (Å²) in [5.41, 5.74) is 6.50. The molecule has 0 unspecified atom stereocenters. The van der Waals surface area contributed by atoms with Crippen LogP contribution in [-0.4, -0.2) is 12.5 Å². The Labute approximate surface area is 120 Å². The van der Waals surface area contributed by atoms with Crippen molar-refractivity contribution >= 4 is 28.9 Å². The molecule has 0 aromatic heterocycles. The first-order valence-corrected chi connectivity index (χ1v) is 6.15. The van der Waals surface area contributed by atoms with E-state index in [1.165, 1.54) is 30.3 Å². The summed E-state index contributed by atoms with van der Waals surface area (Å²) in [6.45, 7) is -0.183. The van der Waals surface area contributed by atoms with Gasteiger partial charge < -0.3 is 15.8 Å². The lowest BCUT2D eigenvalue weighted by molar-refractivity contribution is -0.118. The highest BCUT2D eigenvalue weighted by molar-refractivity contribution is 6.33. The van der Waals surface area contributed by atoms with Crippen LogP contribution in [0.1, 0.15) is 0 Å². The van der Waals surface area contributed by atoms with Crippen LogP contribution < -0.4 is 15.8 Å². The molecule has 0 bridgehead atoms. The highest BCUT2D eigenvalue weighted by Crippen LogP contribution is 2.24. The number of halogens is 2. The number of hydrogen-bond acceptors (Lipinski definition) is 3. The number of ether oxygens (including phenoxy) is 1. The maximum atomic E-state index is 12.7. The van der Waals surface area contributed by atoms with Crippen molar-refractivity contribution in [2.24, 2.45) is 0 Å². The lowest BCUT2D eigenvalue weighted by atomic mass is 10.3. The third kappa shape index (κ3) is 3.86. The van der Waals surface area contributed by atoms with Crippen LogP contribution in [0.5, 0.6) is 5.75 Å². The van der Waals surface area contributed by atoms with E-state index in [1.54, 1.807) is 12.1 Å². The predicted molar refractivity (Wildman–Crippen MR) is 76.4 cm³/mol. The second-order valence-electron chi connectivity index (χ2n) is 4.03. The zero-order chi connectivity index (χ0) is 14.5. The summed E-state index contributed by atoms with van der Waals surface area (Å²) in [6.07, 6.45) is 0. The number of benzene rings is 2. The molecule has 0 saturated carbocycles. The molecule has 0 aliphatic rings. The summed E-state index contributed by atoms with van der Waals surface area (Å²) >= 11 is 5.83. The Morgan fingerprint density at radius 2 is 1.95 bits per heavy atom. The number of anilines is 2. The quantitative estimate of drug-likeness (QED) is 0.852. The highest BCUT2D eigenvalue weighted by atomic mass is 35.5. The van der Waals surface area contributed by atoms with E-state index in [2.05, 4.69) is 5.32 Å². The Bertz CT molecular complexity index is 617. The maximum Gasteiger partial charge on any atom is 0.262 e. The zero-order valence-corrected chi connectivity index (χ0v) is 11.2. The Morgan fingerprint density at radius 1 is 1.25 bits per heavy atom. The van der Waals surface area contributed by atoms with Crippen LogP contribution in [0, 0.1) is 5.82 Å². The van der Waals surface area contributed by atoms with Gasteiger partial charge in [0, 0.05) is 11.8 Å². The van der Waals surface area contributed by atoms with E-state index in [1.807, 2.05) is 0 Å². The van der Waals surface area contributed by atoms with E-state index in [4.69, 9.17) is 22.1 Å². The smallest absolute Gasteiger partial charge is 0.262 e. The number of carbonyl (C=O) groups excluding carboxylic acids is 1. The van der Waals surface area contributed by atoms with Gasteiger partial charge in [0.15, 0.2) is 6.61 Å². The summed E-state index contributed by atoms with van der Waals surface area (Å²) in [7, 11) is 0. The molecule has 0 spiro atoms. The number of nitrogen functional groups attached to an aromatic ring is 1. The lowest BCUT2D eigenvalue weighted by Gasteiger charge is -2.08. The summed E-state index contributed by atoms with van der Waals surface area (Å²) in [4.78, 5) is 11.6. The van der Waals surface area contributed by atoms with Crippen molar-refractivity contribution in [1.29, 1.82) is 0 Å². The molecule has 0 saturated heterocycles. The molecule has 0 aliphatic heterocycles. The lowest BCUT2D eigenvalue weighted by Crippen LogP contribution is -2.20. The van der Waals surface area contributed by atoms with Crippen molar-refractivity contribution in [2.75, 3.05) is 17.7 Å². The van der Waals surface area contributed by atoms with Gasteiger partial charge in [0.1, 0.15) is 11.6 Å². The number of carbonyl (C=O) groups is 1. The van der Waals surface area contributed by atoms with Crippen LogP contribution in [0.2, 0.25) is 5.02 Å². The number of hydrogen-bond donors (Lipinski definition) is 2. The average molecular weight is 295 g/mol. The normalized spacial score (nSPS) is 10.1. The van der Waals surface area contributed by atoms with Gasteiger partial charge >= 0.3 is 0 Å². The van der Waals surface area contributed by atoms with E-state index in [0.29, 0.717) is 22.1 Å². The highest BCUT2D eigenvalue weighted by Gasteiger charge is 2.05. The van der Waals surface area contributed by atoms with Gasteiger partial charge in [-0.05, 0) is 36.4 Å². The second kappa shape index (κ2) is 6.25. The molecule has 0 fully saturated rings. The largest absolute Gasteiger partial charge is 0.484 e. The van der Waals surface area contributed by atoms with Gasteiger partial charge in [-0.15, -0.1) is 0 Å². The molecule has 2 rings (SSSR count). The summed E-state index contributed by atoms with van der Waals surface area (Å²) in [5, 5.41) is 2.94. The molecule has 1 amide bonds. The van der Waals surface area contributed by atoms with E-state index in [9.17, 15) is 9.18 Å². The standard InChI is InChI=1S/C14H12ClFN2O2/c15-12-7-11(5-6-13(12)17)20-8-14(19)18-10-3-1-9(16)2-4-10/h1-7H,8,17H2,(H,18,19).